The van der Waals surface area contributed by atoms with Gasteiger partial charge in [-0.3, -0.25) is 0 Å². The molecule has 3 N–H and O–H groups in total. The summed E-state index contributed by atoms with van der Waals surface area (Å²) in [6.07, 6.45) is 1.93. The molecule has 0 saturated carbocycles. The molecule has 17 heavy (non-hydrogen) atoms. The lowest BCUT2D eigenvalue weighted by Gasteiger charge is -2.00. The van der Waals surface area contributed by atoms with Crippen molar-refractivity contribution in [2.45, 2.75) is 19.8 Å². The van der Waals surface area contributed by atoms with Gasteiger partial charge in [-0.15, -0.1) is 12.4 Å². The summed E-state index contributed by atoms with van der Waals surface area (Å²) >= 11 is 12.2. The van der Waals surface area contributed by atoms with E-state index in [1.165, 1.54) is 5.56 Å². The number of fused-ring (bicyclic) bond motifs is 1. The van der Waals surface area contributed by atoms with E-state index < -0.39 is 0 Å². The molecule has 2 nitrogen and oxygen atoms in total. The molecule has 0 saturated heterocycles. The summed E-state index contributed by atoms with van der Waals surface area (Å²) in [5.74, 6) is 0. The minimum atomic E-state index is 0. The molecular weight excluding hydrogens is 279 g/mol. The molecule has 0 aliphatic heterocycles. The second kappa shape index (κ2) is 5.96. The van der Waals surface area contributed by atoms with Crippen molar-refractivity contribution >= 4 is 46.5 Å². The average Bonchev–Trinajstić information content (AvgIpc) is 2.53. The maximum absolute atomic E-state index is 6.14. The predicted molar refractivity (Wildman–Crippen MR) is 77.7 cm³/mol. The summed E-state index contributed by atoms with van der Waals surface area (Å²) in [4.78, 5) is 3.30. The highest BCUT2D eigenvalue weighted by molar-refractivity contribution is 6.38. The van der Waals surface area contributed by atoms with E-state index in [0.717, 1.165) is 29.4 Å². The van der Waals surface area contributed by atoms with Gasteiger partial charge in [0, 0.05) is 16.1 Å². The molecule has 0 aliphatic rings. The maximum Gasteiger partial charge on any atom is 0.0662 e. The third-order valence-corrected chi connectivity index (χ3v) is 3.29. The highest BCUT2D eigenvalue weighted by atomic mass is 35.5. The summed E-state index contributed by atoms with van der Waals surface area (Å²) in [7, 11) is 0. The SMILES string of the molecule is Cc1[nH]c2c(Cl)cc(Cl)cc2c1CCCN.Cl. The van der Waals surface area contributed by atoms with Gasteiger partial charge in [-0.25, -0.2) is 0 Å². The minimum Gasteiger partial charge on any atom is -0.357 e. The van der Waals surface area contributed by atoms with Crippen molar-refractivity contribution in [3.63, 3.8) is 0 Å². The van der Waals surface area contributed by atoms with Crippen LogP contribution in [0.15, 0.2) is 12.1 Å². The summed E-state index contributed by atoms with van der Waals surface area (Å²) in [5.41, 5.74) is 8.92. The lowest BCUT2D eigenvalue weighted by molar-refractivity contribution is 0.831. The normalized spacial score (nSPS) is 10.6. The summed E-state index contributed by atoms with van der Waals surface area (Å²) in [5, 5.41) is 2.46. The molecule has 0 unspecified atom stereocenters. The molecule has 0 radical (unpaired) electrons. The van der Waals surface area contributed by atoms with Crippen molar-refractivity contribution in [3.8, 4) is 0 Å². The van der Waals surface area contributed by atoms with E-state index >= 15 is 0 Å². The highest BCUT2D eigenvalue weighted by Gasteiger charge is 2.11. The molecule has 1 heterocycles. The van der Waals surface area contributed by atoms with Gasteiger partial charge in [0.05, 0.1) is 10.5 Å². The van der Waals surface area contributed by atoms with Crippen LogP contribution in [0.1, 0.15) is 17.7 Å². The first-order valence-corrected chi connectivity index (χ1v) is 6.05. The van der Waals surface area contributed by atoms with Gasteiger partial charge < -0.3 is 10.7 Å². The second-order valence-electron chi connectivity index (χ2n) is 3.93. The molecule has 0 aliphatic carbocycles. The summed E-state index contributed by atoms with van der Waals surface area (Å²) < 4.78 is 0. The molecule has 1 aromatic heterocycles. The molecule has 1 aromatic carbocycles. The van der Waals surface area contributed by atoms with Crippen molar-refractivity contribution in [1.29, 1.82) is 0 Å². The maximum atomic E-state index is 6.14. The van der Waals surface area contributed by atoms with E-state index in [2.05, 4.69) is 11.9 Å². The number of benzene rings is 1. The van der Waals surface area contributed by atoms with Gasteiger partial charge in [0.25, 0.3) is 0 Å². The van der Waals surface area contributed by atoms with Gasteiger partial charge >= 0.3 is 0 Å². The van der Waals surface area contributed by atoms with Gasteiger partial charge in [-0.05, 0) is 44.0 Å². The number of hydrogen-bond acceptors (Lipinski definition) is 1. The molecular formula is C12H15Cl3N2. The Labute approximate surface area is 117 Å². The second-order valence-corrected chi connectivity index (χ2v) is 4.77. The Kier molecular flexibility index (Phi) is 5.14. The Balaban J connectivity index is 0.00000144. The molecule has 0 fully saturated rings. The molecule has 94 valence electrons. The van der Waals surface area contributed by atoms with Gasteiger partial charge in [0.2, 0.25) is 0 Å². The van der Waals surface area contributed by atoms with Crippen LogP contribution in [0.2, 0.25) is 10.0 Å². The number of aryl methyl sites for hydroxylation is 2. The van der Waals surface area contributed by atoms with Crippen molar-refractivity contribution in [2.24, 2.45) is 5.73 Å². The highest BCUT2D eigenvalue weighted by Crippen LogP contribution is 2.31. The lowest BCUT2D eigenvalue weighted by atomic mass is 10.1. The number of nitrogens with one attached hydrogen (secondary N) is 1. The fourth-order valence-electron chi connectivity index (χ4n) is 2.00. The van der Waals surface area contributed by atoms with Crippen LogP contribution >= 0.6 is 35.6 Å². The number of hydrogen-bond donors (Lipinski definition) is 2. The van der Waals surface area contributed by atoms with Gasteiger partial charge in [0.15, 0.2) is 0 Å². The lowest BCUT2D eigenvalue weighted by Crippen LogP contribution is -2.00. The van der Waals surface area contributed by atoms with Crippen molar-refractivity contribution in [3.05, 3.63) is 33.4 Å². The van der Waals surface area contributed by atoms with Crippen molar-refractivity contribution in [1.82, 2.24) is 4.98 Å². The van der Waals surface area contributed by atoms with Crippen LogP contribution in [0.5, 0.6) is 0 Å². The van der Waals surface area contributed by atoms with Crippen LogP contribution in [0.25, 0.3) is 10.9 Å². The summed E-state index contributed by atoms with van der Waals surface area (Å²) in [6.45, 7) is 2.75. The van der Waals surface area contributed by atoms with Crippen molar-refractivity contribution < 1.29 is 0 Å². The van der Waals surface area contributed by atoms with E-state index in [0.29, 0.717) is 16.6 Å². The zero-order chi connectivity index (χ0) is 11.7. The van der Waals surface area contributed by atoms with E-state index in [1.807, 2.05) is 6.07 Å². The van der Waals surface area contributed by atoms with Gasteiger partial charge in [0.1, 0.15) is 0 Å². The molecule has 2 aromatic rings. The van der Waals surface area contributed by atoms with Crippen LogP contribution in [0.3, 0.4) is 0 Å². The predicted octanol–water partition coefficient (Wildman–Crippen LogP) is 4.10. The number of rotatable bonds is 3. The number of aromatic amines is 1. The Bertz CT molecular complexity index is 520. The number of H-pyrrole nitrogens is 1. The largest absolute Gasteiger partial charge is 0.357 e. The van der Waals surface area contributed by atoms with E-state index in [-0.39, 0.29) is 12.4 Å². The number of nitrogens with two attached hydrogens (primary N) is 1. The Morgan fingerprint density at radius 2 is 2.00 bits per heavy atom. The average molecular weight is 294 g/mol. The van der Waals surface area contributed by atoms with E-state index in [1.54, 1.807) is 6.07 Å². The first-order chi connectivity index (χ1) is 7.63. The Morgan fingerprint density at radius 1 is 1.29 bits per heavy atom. The standard InChI is InChI=1S/C12H14Cl2N2.ClH/c1-7-9(3-2-4-15)10-5-8(13)6-11(14)12(10)16-7;/h5-6,16H,2-4,15H2,1H3;1H. The van der Waals surface area contributed by atoms with Crippen molar-refractivity contribution in [2.75, 3.05) is 6.54 Å². The summed E-state index contributed by atoms with van der Waals surface area (Å²) in [6, 6.07) is 3.71. The van der Waals surface area contributed by atoms with Crippen LogP contribution < -0.4 is 5.73 Å². The third-order valence-electron chi connectivity index (χ3n) is 2.78. The Morgan fingerprint density at radius 3 is 2.65 bits per heavy atom. The molecule has 2 rings (SSSR count). The zero-order valence-electron chi connectivity index (χ0n) is 9.52. The van der Waals surface area contributed by atoms with Crippen LogP contribution in [-0.4, -0.2) is 11.5 Å². The first kappa shape index (κ1) is 14.7. The van der Waals surface area contributed by atoms with Crippen LogP contribution in [0, 0.1) is 6.92 Å². The van der Waals surface area contributed by atoms with Crippen LogP contribution in [0.4, 0.5) is 0 Å². The molecule has 0 bridgehead atoms. The van der Waals surface area contributed by atoms with E-state index in [9.17, 15) is 0 Å². The topological polar surface area (TPSA) is 41.8 Å². The molecule has 0 spiro atoms. The first-order valence-electron chi connectivity index (χ1n) is 5.29. The minimum absolute atomic E-state index is 0. The number of aromatic nitrogens is 1. The third kappa shape index (κ3) is 2.89. The monoisotopic (exact) mass is 292 g/mol. The van der Waals surface area contributed by atoms with Gasteiger partial charge in [-0.1, -0.05) is 23.2 Å². The molecule has 0 amide bonds. The quantitative estimate of drug-likeness (QED) is 0.879. The fourth-order valence-corrected chi connectivity index (χ4v) is 2.55. The van der Waals surface area contributed by atoms with Crippen LogP contribution in [-0.2, 0) is 6.42 Å². The van der Waals surface area contributed by atoms with Gasteiger partial charge in [-0.2, -0.15) is 0 Å². The Hall–Kier alpha value is -0.410. The smallest absolute Gasteiger partial charge is 0.0662 e. The number of halogens is 3. The zero-order valence-corrected chi connectivity index (χ0v) is 11.8. The van der Waals surface area contributed by atoms with E-state index in [4.69, 9.17) is 28.9 Å². The molecule has 0 atom stereocenters. The fraction of sp³-hybridized carbons (Fsp3) is 0.333. The molecule has 5 heteroatoms.